The predicted molar refractivity (Wildman–Crippen MR) is 137 cm³/mol. The molecular formula is C24H25Cl2N3O4S. The topological polar surface area (TPSA) is 86.8 Å². The minimum atomic E-state index is -3.83. The van der Waals surface area contributed by atoms with E-state index in [9.17, 15) is 18.0 Å². The van der Waals surface area contributed by atoms with Crippen LogP contribution in [-0.4, -0.2) is 51.0 Å². The number of nitrogens with zero attached hydrogens (tertiary/aromatic N) is 2. The molecule has 2 amide bonds. The third kappa shape index (κ3) is 5.81. The molecule has 34 heavy (non-hydrogen) atoms. The highest BCUT2D eigenvalue weighted by Gasteiger charge is 2.30. The van der Waals surface area contributed by atoms with Crippen LogP contribution in [0.4, 0.5) is 5.69 Å². The van der Waals surface area contributed by atoms with Crippen LogP contribution in [-0.2, 0) is 26.2 Å². The van der Waals surface area contributed by atoms with Crippen LogP contribution < -0.4 is 9.62 Å². The maximum atomic E-state index is 13.5. The fourth-order valence-corrected chi connectivity index (χ4v) is 4.83. The number of sulfonamides is 1. The van der Waals surface area contributed by atoms with Gasteiger partial charge in [-0.3, -0.25) is 13.9 Å². The Kier molecular flexibility index (Phi) is 8.07. The van der Waals surface area contributed by atoms with E-state index in [0.717, 1.165) is 15.9 Å². The molecule has 10 heteroatoms. The Morgan fingerprint density at radius 2 is 1.68 bits per heavy atom. The molecule has 1 atom stereocenters. The fourth-order valence-electron chi connectivity index (χ4n) is 3.65. The molecule has 0 saturated heterocycles. The molecule has 0 aliphatic rings. The molecule has 0 spiro atoms. The maximum Gasteiger partial charge on any atom is 0.244 e. The summed E-state index contributed by atoms with van der Waals surface area (Å²) in [5.41, 5.74) is 1.03. The lowest BCUT2D eigenvalue weighted by Gasteiger charge is -2.31. The summed E-state index contributed by atoms with van der Waals surface area (Å²) in [5.74, 6) is -0.926. The molecule has 0 heterocycles. The van der Waals surface area contributed by atoms with E-state index in [2.05, 4.69) is 5.32 Å². The molecule has 1 N–H and O–H groups in total. The largest absolute Gasteiger partial charge is 0.357 e. The first-order chi connectivity index (χ1) is 16.0. The number of hydrogen-bond acceptors (Lipinski definition) is 4. The number of rotatable bonds is 8. The van der Waals surface area contributed by atoms with Crippen LogP contribution in [0.25, 0.3) is 10.8 Å². The van der Waals surface area contributed by atoms with Crippen LogP contribution in [0.5, 0.6) is 0 Å². The van der Waals surface area contributed by atoms with Crippen LogP contribution in [0.3, 0.4) is 0 Å². The Hall–Kier alpha value is -2.81. The molecule has 0 aromatic heterocycles. The summed E-state index contributed by atoms with van der Waals surface area (Å²) in [6, 6.07) is 16.6. The van der Waals surface area contributed by atoms with Crippen LogP contribution in [0, 0.1) is 0 Å². The van der Waals surface area contributed by atoms with Crippen molar-refractivity contribution >= 4 is 61.5 Å². The third-order valence-electron chi connectivity index (χ3n) is 5.47. The normalized spacial score (nSPS) is 12.3. The number of carbonyl (C=O) groups excluding carboxylic acids is 2. The van der Waals surface area contributed by atoms with Crippen molar-refractivity contribution in [1.29, 1.82) is 0 Å². The standard InChI is InChI=1S/C24H25Cl2N3O4S/c1-16(24(31)27-2)28(14-17-11-12-20(25)21(26)13-17)23(30)15-29(34(3,32)33)22-10-6-8-18-7-4-5-9-19(18)22/h4-13,16H,14-15H2,1-3H3,(H,27,31). The number of carbonyl (C=O) groups is 2. The van der Waals surface area contributed by atoms with E-state index in [1.54, 1.807) is 49.4 Å². The number of hydrogen-bond donors (Lipinski definition) is 1. The van der Waals surface area contributed by atoms with Gasteiger partial charge in [0.05, 0.1) is 22.0 Å². The average Bonchev–Trinajstić information content (AvgIpc) is 2.81. The Labute approximate surface area is 209 Å². The summed E-state index contributed by atoms with van der Waals surface area (Å²) in [6.45, 7) is 1.14. The van der Waals surface area contributed by atoms with E-state index in [-0.39, 0.29) is 12.5 Å². The summed E-state index contributed by atoms with van der Waals surface area (Å²) < 4.78 is 26.6. The third-order valence-corrected chi connectivity index (χ3v) is 7.33. The summed E-state index contributed by atoms with van der Waals surface area (Å²) in [6.07, 6.45) is 1.05. The molecule has 3 aromatic carbocycles. The zero-order valence-electron chi connectivity index (χ0n) is 19.0. The van der Waals surface area contributed by atoms with E-state index in [4.69, 9.17) is 23.2 Å². The lowest BCUT2D eigenvalue weighted by Crippen LogP contribution is -2.50. The highest BCUT2D eigenvalue weighted by atomic mass is 35.5. The molecule has 7 nitrogen and oxygen atoms in total. The van der Waals surface area contributed by atoms with Crippen LogP contribution in [0.15, 0.2) is 60.7 Å². The van der Waals surface area contributed by atoms with Crippen LogP contribution in [0.2, 0.25) is 10.0 Å². The molecule has 0 fully saturated rings. The van der Waals surface area contributed by atoms with Gasteiger partial charge in [0.1, 0.15) is 12.6 Å². The van der Waals surface area contributed by atoms with Gasteiger partial charge in [-0.1, -0.05) is 65.7 Å². The highest BCUT2D eigenvalue weighted by molar-refractivity contribution is 7.92. The number of halogens is 2. The van der Waals surface area contributed by atoms with Gasteiger partial charge in [0.25, 0.3) is 0 Å². The van der Waals surface area contributed by atoms with Crippen molar-refractivity contribution in [3.63, 3.8) is 0 Å². The van der Waals surface area contributed by atoms with Crippen molar-refractivity contribution in [3.8, 4) is 0 Å². The minimum Gasteiger partial charge on any atom is -0.357 e. The quantitative estimate of drug-likeness (QED) is 0.483. The van der Waals surface area contributed by atoms with Gasteiger partial charge in [-0.2, -0.15) is 0 Å². The Morgan fingerprint density at radius 3 is 2.32 bits per heavy atom. The molecule has 0 bridgehead atoms. The minimum absolute atomic E-state index is 0.0391. The van der Waals surface area contributed by atoms with Gasteiger partial charge in [0.15, 0.2) is 0 Å². The van der Waals surface area contributed by atoms with Crippen molar-refractivity contribution in [2.45, 2.75) is 19.5 Å². The molecule has 1 unspecified atom stereocenters. The van der Waals surface area contributed by atoms with Crippen molar-refractivity contribution in [2.24, 2.45) is 0 Å². The van der Waals surface area contributed by atoms with E-state index < -0.39 is 28.5 Å². The van der Waals surface area contributed by atoms with Crippen LogP contribution in [0.1, 0.15) is 12.5 Å². The summed E-state index contributed by atoms with van der Waals surface area (Å²) in [5, 5.41) is 4.74. The predicted octanol–water partition coefficient (Wildman–Crippen LogP) is 4.08. The van der Waals surface area contributed by atoms with E-state index in [1.165, 1.54) is 11.9 Å². The number of nitrogens with one attached hydrogen (secondary N) is 1. The first-order valence-corrected chi connectivity index (χ1v) is 13.0. The monoisotopic (exact) mass is 521 g/mol. The van der Waals surface area contributed by atoms with Crippen LogP contribution >= 0.6 is 23.2 Å². The molecule has 0 aliphatic heterocycles. The van der Waals surface area contributed by atoms with Crippen molar-refractivity contribution < 1.29 is 18.0 Å². The summed E-state index contributed by atoms with van der Waals surface area (Å²) in [7, 11) is -2.36. The van der Waals surface area contributed by atoms with Gasteiger partial charge in [-0.15, -0.1) is 0 Å². The van der Waals surface area contributed by atoms with Gasteiger partial charge in [-0.25, -0.2) is 8.42 Å². The SMILES string of the molecule is CNC(=O)C(C)N(Cc1ccc(Cl)c(Cl)c1)C(=O)CN(c1cccc2ccccc12)S(C)(=O)=O. The van der Waals surface area contributed by atoms with Gasteiger partial charge >= 0.3 is 0 Å². The van der Waals surface area contributed by atoms with Crippen molar-refractivity contribution in [2.75, 3.05) is 24.2 Å². The molecule has 0 aliphatic carbocycles. The lowest BCUT2D eigenvalue weighted by molar-refractivity contribution is -0.139. The van der Waals surface area contributed by atoms with Gasteiger partial charge in [0, 0.05) is 19.0 Å². The Bertz CT molecular complexity index is 1330. The van der Waals surface area contributed by atoms with Gasteiger partial charge in [-0.05, 0) is 36.1 Å². The number of fused-ring (bicyclic) bond motifs is 1. The molecule has 0 radical (unpaired) electrons. The highest BCUT2D eigenvalue weighted by Crippen LogP contribution is 2.29. The van der Waals surface area contributed by atoms with E-state index in [0.29, 0.717) is 26.7 Å². The second-order valence-electron chi connectivity index (χ2n) is 7.83. The number of likely N-dealkylation sites (N-methyl/N-ethyl adjacent to an activating group) is 1. The second-order valence-corrected chi connectivity index (χ2v) is 10.5. The zero-order valence-corrected chi connectivity index (χ0v) is 21.3. The fraction of sp³-hybridized carbons (Fsp3) is 0.250. The lowest BCUT2D eigenvalue weighted by atomic mass is 10.1. The summed E-state index contributed by atoms with van der Waals surface area (Å²) >= 11 is 12.1. The van der Waals surface area contributed by atoms with Gasteiger partial charge in [0.2, 0.25) is 21.8 Å². The van der Waals surface area contributed by atoms with E-state index >= 15 is 0 Å². The average molecular weight is 522 g/mol. The van der Waals surface area contributed by atoms with E-state index in [1.807, 2.05) is 18.2 Å². The van der Waals surface area contributed by atoms with Crippen molar-refractivity contribution in [1.82, 2.24) is 10.2 Å². The Morgan fingerprint density at radius 1 is 1.00 bits per heavy atom. The molecule has 3 rings (SSSR count). The number of benzene rings is 3. The molecule has 180 valence electrons. The van der Waals surface area contributed by atoms with Crippen molar-refractivity contribution in [3.05, 3.63) is 76.3 Å². The first-order valence-electron chi connectivity index (χ1n) is 10.4. The Balaban J connectivity index is 2.00. The maximum absolute atomic E-state index is 13.5. The number of anilines is 1. The number of amides is 2. The molecule has 3 aromatic rings. The van der Waals surface area contributed by atoms with Gasteiger partial charge < -0.3 is 10.2 Å². The first kappa shape index (κ1) is 25.8. The second kappa shape index (κ2) is 10.6. The molecular weight excluding hydrogens is 497 g/mol. The zero-order chi connectivity index (χ0) is 25.0. The summed E-state index contributed by atoms with van der Waals surface area (Å²) in [4.78, 5) is 27.2. The smallest absolute Gasteiger partial charge is 0.244 e. The molecule has 0 saturated carbocycles.